The van der Waals surface area contributed by atoms with Crippen LogP contribution in [-0.2, 0) is 4.74 Å². The SMILES string of the molecule is NCCCCN1CCN(CC2CCC3(CCCC3)O2)CC1. The van der Waals surface area contributed by atoms with Crippen molar-refractivity contribution in [2.75, 3.05) is 45.8 Å². The van der Waals surface area contributed by atoms with E-state index >= 15 is 0 Å². The summed E-state index contributed by atoms with van der Waals surface area (Å²) in [6.07, 6.45) is 10.9. The number of ether oxygens (including phenoxy) is 1. The second-order valence-corrected chi connectivity index (χ2v) is 7.31. The Morgan fingerprint density at radius 2 is 1.67 bits per heavy atom. The van der Waals surface area contributed by atoms with Crippen LogP contribution in [0.25, 0.3) is 0 Å². The Labute approximate surface area is 130 Å². The van der Waals surface area contributed by atoms with Crippen LogP contribution in [0, 0.1) is 0 Å². The average molecular weight is 295 g/mol. The van der Waals surface area contributed by atoms with Gasteiger partial charge in [-0.25, -0.2) is 0 Å². The van der Waals surface area contributed by atoms with Crippen molar-refractivity contribution in [3.8, 4) is 0 Å². The van der Waals surface area contributed by atoms with Crippen molar-refractivity contribution in [2.45, 2.75) is 63.1 Å². The highest BCUT2D eigenvalue weighted by atomic mass is 16.5. The van der Waals surface area contributed by atoms with Crippen LogP contribution in [0.15, 0.2) is 0 Å². The summed E-state index contributed by atoms with van der Waals surface area (Å²) in [6, 6.07) is 0. The van der Waals surface area contributed by atoms with E-state index in [1.54, 1.807) is 0 Å². The number of nitrogens with zero attached hydrogens (tertiary/aromatic N) is 2. The number of hydrogen-bond acceptors (Lipinski definition) is 4. The van der Waals surface area contributed by atoms with E-state index in [1.165, 1.54) is 84.2 Å². The second-order valence-electron chi connectivity index (χ2n) is 7.31. The maximum Gasteiger partial charge on any atom is 0.0710 e. The van der Waals surface area contributed by atoms with Crippen LogP contribution in [0.3, 0.4) is 0 Å². The molecule has 0 radical (unpaired) electrons. The van der Waals surface area contributed by atoms with Crippen LogP contribution in [0.2, 0.25) is 0 Å². The number of nitrogens with two attached hydrogens (primary N) is 1. The van der Waals surface area contributed by atoms with Gasteiger partial charge in [-0.3, -0.25) is 4.90 Å². The van der Waals surface area contributed by atoms with Crippen molar-refractivity contribution in [1.29, 1.82) is 0 Å². The first-order valence-electron chi connectivity index (χ1n) is 9.12. The van der Waals surface area contributed by atoms with Gasteiger partial charge in [-0.05, 0) is 51.6 Å². The van der Waals surface area contributed by atoms with E-state index in [-0.39, 0.29) is 0 Å². The highest BCUT2D eigenvalue weighted by Crippen LogP contribution is 2.43. The Morgan fingerprint density at radius 3 is 2.38 bits per heavy atom. The summed E-state index contributed by atoms with van der Waals surface area (Å²) in [5.74, 6) is 0. The zero-order valence-electron chi connectivity index (χ0n) is 13.6. The standard InChI is InChI=1S/C17H33N3O/c18-9-3-4-10-19-11-13-20(14-12-19)15-16-5-8-17(21-16)6-1-2-7-17/h16H,1-15,18H2. The van der Waals surface area contributed by atoms with Gasteiger partial charge in [-0.1, -0.05) is 12.8 Å². The van der Waals surface area contributed by atoms with Gasteiger partial charge in [-0.15, -0.1) is 0 Å². The Kier molecular flexibility index (Phi) is 5.54. The Hall–Kier alpha value is -0.160. The Balaban J connectivity index is 1.34. The highest BCUT2D eigenvalue weighted by Gasteiger charge is 2.42. The zero-order chi connectivity index (χ0) is 14.5. The average Bonchev–Trinajstić information content (AvgIpc) is 3.12. The summed E-state index contributed by atoms with van der Waals surface area (Å²) in [4.78, 5) is 5.22. The summed E-state index contributed by atoms with van der Waals surface area (Å²) < 4.78 is 6.45. The fourth-order valence-corrected chi connectivity index (χ4v) is 4.37. The van der Waals surface area contributed by atoms with Gasteiger partial charge in [0.2, 0.25) is 0 Å². The number of unbranched alkanes of at least 4 members (excludes halogenated alkanes) is 1. The largest absolute Gasteiger partial charge is 0.370 e. The summed E-state index contributed by atoms with van der Waals surface area (Å²) in [5, 5.41) is 0. The molecule has 2 N–H and O–H groups in total. The predicted molar refractivity (Wildman–Crippen MR) is 86.5 cm³/mol. The molecule has 4 heteroatoms. The molecule has 2 saturated heterocycles. The molecule has 122 valence electrons. The number of hydrogen-bond donors (Lipinski definition) is 1. The molecule has 0 aromatic carbocycles. The molecule has 1 unspecified atom stereocenters. The first-order chi connectivity index (χ1) is 10.3. The molecule has 0 bridgehead atoms. The maximum absolute atomic E-state index is 6.45. The third-order valence-electron chi connectivity index (χ3n) is 5.71. The lowest BCUT2D eigenvalue weighted by atomic mass is 9.98. The molecule has 1 aliphatic carbocycles. The lowest BCUT2D eigenvalue weighted by Crippen LogP contribution is -2.48. The molecule has 2 heterocycles. The molecular formula is C17H33N3O. The summed E-state index contributed by atoms with van der Waals surface area (Å²) in [7, 11) is 0. The monoisotopic (exact) mass is 295 g/mol. The Morgan fingerprint density at radius 1 is 0.952 bits per heavy atom. The van der Waals surface area contributed by atoms with E-state index in [0.29, 0.717) is 11.7 Å². The van der Waals surface area contributed by atoms with Crippen LogP contribution in [0.1, 0.15) is 51.4 Å². The first kappa shape index (κ1) is 15.7. The lowest BCUT2D eigenvalue weighted by molar-refractivity contribution is -0.0509. The second kappa shape index (κ2) is 7.40. The highest BCUT2D eigenvalue weighted by molar-refractivity contribution is 4.93. The molecule has 4 nitrogen and oxygen atoms in total. The molecule has 1 spiro atoms. The molecule has 3 aliphatic rings. The predicted octanol–water partition coefficient (Wildman–Crippen LogP) is 1.83. The Bertz CT molecular complexity index is 309. The molecule has 3 fully saturated rings. The minimum Gasteiger partial charge on any atom is -0.370 e. The van der Waals surface area contributed by atoms with Crippen molar-refractivity contribution in [3.05, 3.63) is 0 Å². The van der Waals surface area contributed by atoms with Crippen LogP contribution >= 0.6 is 0 Å². The van der Waals surface area contributed by atoms with Crippen molar-refractivity contribution in [1.82, 2.24) is 9.80 Å². The summed E-state index contributed by atoms with van der Waals surface area (Å²) in [5.41, 5.74) is 5.87. The van der Waals surface area contributed by atoms with Crippen molar-refractivity contribution in [3.63, 3.8) is 0 Å². The summed E-state index contributed by atoms with van der Waals surface area (Å²) in [6.45, 7) is 8.11. The molecule has 1 atom stereocenters. The van der Waals surface area contributed by atoms with Gasteiger partial charge in [0.1, 0.15) is 0 Å². The van der Waals surface area contributed by atoms with Crippen LogP contribution in [0.5, 0.6) is 0 Å². The van der Waals surface area contributed by atoms with Gasteiger partial charge >= 0.3 is 0 Å². The van der Waals surface area contributed by atoms with Gasteiger partial charge in [0.25, 0.3) is 0 Å². The summed E-state index contributed by atoms with van der Waals surface area (Å²) >= 11 is 0. The zero-order valence-corrected chi connectivity index (χ0v) is 13.6. The lowest BCUT2D eigenvalue weighted by Gasteiger charge is -2.36. The molecule has 21 heavy (non-hydrogen) atoms. The van der Waals surface area contributed by atoms with Gasteiger partial charge in [0, 0.05) is 32.7 Å². The molecular weight excluding hydrogens is 262 g/mol. The third-order valence-corrected chi connectivity index (χ3v) is 5.71. The molecule has 0 amide bonds. The van der Waals surface area contributed by atoms with E-state index < -0.39 is 0 Å². The number of piperazine rings is 1. The van der Waals surface area contributed by atoms with Gasteiger partial charge in [0.05, 0.1) is 11.7 Å². The van der Waals surface area contributed by atoms with Crippen LogP contribution < -0.4 is 5.73 Å². The van der Waals surface area contributed by atoms with E-state index in [0.717, 1.165) is 13.0 Å². The minimum absolute atomic E-state index is 0.300. The van der Waals surface area contributed by atoms with Crippen LogP contribution in [0.4, 0.5) is 0 Å². The quantitative estimate of drug-likeness (QED) is 0.759. The van der Waals surface area contributed by atoms with E-state index in [9.17, 15) is 0 Å². The van der Waals surface area contributed by atoms with Crippen molar-refractivity contribution >= 4 is 0 Å². The van der Waals surface area contributed by atoms with E-state index in [2.05, 4.69) is 9.80 Å². The molecule has 0 aromatic rings. The van der Waals surface area contributed by atoms with Gasteiger partial charge in [-0.2, -0.15) is 0 Å². The van der Waals surface area contributed by atoms with Crippen LogP contribution in [-0.4, -0.2) is 67.3 Å². The molecule has 2 aliphatic heterocycles. The minimum atomic E-state index is 0.300. The normalized spacial score (nSPS) is 30.4. The molecule has 3 rings (SSSR count). The maximum atomic E-state index is 6.45. The fourth-order valence-electron chi connectivity index (χ4n) is 4.37. The van der Waals surface area contributed by atoms with E-state index in [4.69, 9.17) is 10.5 Å². The smallest absolute Gasteiger partial charge is 0.0710 e. The van der Waals surface area contributed by atoms with Gasteiger partial charge < -0.3 is 15.4 Å². The van der Waals surface area contributed by atoms with Crippen molar-refractivity contribution < 1.29 is 4.74 Å². The topological polar surface area (TPSA) is 41.7 Å². The van der Waals surface area contributed by atoms with Gasteiger partial charge in [0.15, 0.2) is 0 Å². The first-order valence-corrected chi connectivity index (χ1v) is 9.12. The number of rotatable bonds is 6. The third kappa shape index (κ3) is 4.19. The molecule has 1 saturated carbocycles. The van der Waals surface area contributed by atoms with E-state index in [1.807, 2.05) is 0 Å². The van der Waals surface area contributed by atoms with Crippen molar-refractivity contribution in [2.24, 2.45) is 5.73 Å². The molecule has 0 aromatic heterocycles. The fraction of sp³-hybridized carbons (Fsp3) is 1.00.